The van der Waals surface area contributed by atoms with Gasteiger partial charge in [-0.25, -0.2) is 8.42 Å². The van der Waals surface area contributed by atoms with Crippen LogP contribution in [0.25, 0.3) is 10.9 Å². The van der Waals surface area contributed by atoms with Crippen molar-refractivity contribution < 1.29 is 8.42 Å². The zero-order valence-electron chi connectivity index (χ0n) is 14.2. The van der Waals surface area contributed by atoms with Crippen LogP contribution in [-0.2, 0) is 16.9 Å². The average molecular weight is 339 g/mol. The van der Waals surface area contributed by atoms with E-state index in [0.717, 1.165) is 27.7 Å². The topological polar surface area (TPSA) is 39.1 Å². The van der Waals surface area contributed by atoms with Gasteiger partial charge in [-0.2, -0.15) is 0 Å². The Kier molecular flexibility index (Phi) is 4.10. The van der Waals surface area contributed by atoms with E-state index in [4.69, 9.17) is 0 Å². The fraction of sp³-hybridized carbons (Fsp3) is 0.200. The molecule has 0 spiro atoms. The van der Waals surface area contributed by atoms with E-state index in [1.165, 1.54) is 6.08 Å². The lowest BCUT2D eigenvalue weighted by atomic mass is 10.1. The summed E-state index contributed by atoms with van der Waals surface area (Å²) in [5.74, 6) is 0. The van der Waals surface area contributed by atoms with E-state index in [9.17, 15) is 8.42 Å². The molecule has 3 aromatic rings. The molecule has 1 heterocycles. The smallest absolute Gasteiger partial charge is 0.191 e. The predicted molar refractivity (Wildman–Crippen MR) is 99.0 cm³/mol. The van der Waals surface area contributed by atoms with Crippen LogP contribution < -0.4 is 0 Å². The highest BCUT2D eigenvalue weighted by Crippen LogP contribution is 2.37. The molecule has 1 aromatic heterocycles. The second-order valence-corrected chi connectivity index (χ2v) is 8.11. The van der Waals surface area contributed by atoms with Crippen LogP contribution in [0.3, 0.4) is 0 Å². The molecule has 0 radical (unpaired) electrons. The highest BCUT2D eigenvalue weighted by molar-refractivity contribution is 7.92. The standard InChI is InChI=1S/C20H21NO2S/c1-5-19(16-9-7-6-8-10-16)24(22,23)20-15(3)21(4)18-12-11-14(2)13-17(18)20/h5-13,19H,1H2,2-4H3. The fourth-order valence-corrected chi connectivity index (χ4v) is 5.26. The van der Waals surface area contributed by atoms with Crippen molar-refractivity contribution in [2.75, 3.05) is 0 Å². The minimum atomic E-state index is -3.60. The van der Waals surface area contributed by atoms with Crippen molar-refractivity contribution in [3.63, 3.8) is 0 Å². The van der Waals surface area contributed by atoms with Crippen LogP contribution >= 0.6 is 0 Å². The molecule has 0 aliphatic heterocycles. The Morgan fingerprint density at radius 3 is 2.38 bits per heavy atom. The van der Waals surface area contributed by atoms with Gasteiger partial charge >= 0.3 is 0 Å². The minimum absolute atomic E-state index is 0.400. The highest BCUT2D eigenvalue weighted by Gasteiger charge is 2.31. The maximum atomic E-state index is 13.4. The maximum absolute atomic E-state index is 13.4. The molecular weight excluding hydrogens is 318 g/mol. The summed E-state index contributed by atoms with van der Waals surface area (Å²) in [5, 5.41) is 0.0151. The van der Waals surface area contributed by atoms with E-state index in [1.807, 2.05) is 74.0 Å². The van der Waals surface area contributed by atoms with E-state index in [1.54, 1.807) is 0 Å². The summed E-state index contributed by atoms with van der Waals surface area (Å²) in [6.07, 6.45) is 1.51. The quantitative estimate of drug-likeness (QED) is 0.657. The summed E-state index contributed by atoms with van der Waals surface area (Å²) >= 11 is 0. The number of nitrogens with zero attached hydrogens (tertiary/aromatic N) is 1. The summed E-state index contributed by atoms with van der Waals surface area (Å²) < 4.78 is 28.8. The molecule has 3 rings (SSSR count). The summed E-state index contributed by atoms with van der Waals surface area (Å²) in [7, 11) is -1.70. The molecule has 0 saturated heterocycles. The van der Waals surface area contributed by atoms with Gasteiger partial charge in [0.05, 0.1) is 4.90 Å². The van der Waals surface area contributed by atoms with E-state index in [-0.39, 0.29) is 0 Å². The lowest BCUT2D eigenvalue weighted by molar-refractivity contribution is 0.590. The first-order valence-corrected chi connectivity index (χ1v) is 9.39. The molecule has 1 unspecified atom stereocenters. The van der Waals surface area contributed by atoms with Gasteiger partial charge in [0, 0.05) is 23.6 Å². The zero-order chi connectivity index (χ0) is 17.5. The van der Waals surface area contributed by atoms with Gasteiger partial charge in [-0.15, -0.1) is 6.58 Å². The Hall–Kier alpha value is -2.33. The summed E-state index contributed by atoms with van der Waals surface area (Å²) in [5.41, 5.74) is 3.45. The SMILES string of the molecule is C=CC(c1ccccc1)S(=O)(=O)c1c(C)n(C)c2ccc(C)cc12. The van der Waals surface area contributed by atoms with Gasteiger partial charge in [0.1, 0.15) is 5.25 Å². The number of aromatic nitrogens is 1. The number of aryl methyl sites for hydroxylation is 2. The Bertz CT molecular complexity index is 1010. The number of hydrogen-bond acceptors (Lipinski definition) is 2. The maximum Gasteiger partial charge on any atom is 0.191 e. The number of hydrogen-bond donors (Lipinski definition) is 0. The van der Waals surface area contributed by atoms with Crippen molar-refractivity contribution in [2.45, 2.75) is 24.0 Å². The van der Waals surface area contributed by atoms with Crippen molar-refractivity contribution in [1.82, 2.24) is 4.57 Å². The monoisotopic (exact) mass is 339 g/mol. The Balaban J connectivity index is 2.31. The normalized spacial score (nSPS) is 13.1. The van der Waals surface area contributed by atoms with E-state index >= 15 is 0 Å². The summed E-state index contributed by atoms with van der Waals surface area (Å²) in [6, 6.07) is 15.2. The van der Waals surface area contributed by atoms with E-state index < -0.39 is 15.1 Å². The largest absolute Gasteiger partial charge is 0.347 e. The first kappa shape index (κ1) is 16.5. The number of sulfone groups is 1. The predicted octanol–water partition coefficient (Wildman–Crippen LogP) is 4.50. The van der Waals surface area contributed by atoms with Crippen molar-refractivity contribution in [3.05, 3.63) is 78.0 Å². The molecule has 3 nitrogen and oxygen atoms in total. The van der Waals surface area contributed by atoms with Gasteiger partial charge in [-0.05, 0) is 31.5 Å². The Morgan fingerprint density at radius 1 is 1.08 bits per heavy atom. The molecule has 1 atom stereocenters. The van der Waals surface area contributed by atoms with E-state index in [2.05, 4.69) is 6.58 Å². The molecule has 24 heavy (non-hydrogen) atoms. The molecule has 0 N–H and O–H groups in total. The summed E-state index contributed by atoms with van der Waals surface area (Å²) in [4.78, 5) is 0.400. The first-order chi connectivity index (χ1) is 11.4. The van der Waals surface area contributed by atoms with Gasteiger partial charge in [-0.3, -0.25) is 0 Å². The van der Waals surface area contributed by atoms with Crippen LogP contribution in [0.15, 0.2) is 66.1 Å². The van der Waals surface area contributed by atoms with Gasteiger partial charge in [-0.1, -0.05) is 48.0 Å². The number of rotatable bonds is 4. The number of fused-ring (bicyclic) bond motifs is 1. The van der Waals surface area contributed by atoms with Crippen LogP contribution in [0.4, 0.5) is 0 Å². The second-order valence-electron chi connectivity index (χ2n) is 6.11. The third-order valence-electron chi connectivity index (χ3n) is 4.55. The third kappa shape index (κ3) is 2.47. The van der Waals surface area contributed by atoms with Crippen LogP contribution in [0.2, 0.25) is 0 Å². The van der Waals surface area contributed by atoms with Crippen molar-refractivity contribution in [2.24, 2.45) is 7.05 Å². The lowest BCUT2D eigenvalue weighted by Gasteiger charge is -2.15. The Morgan fingerprint density at radius 2 is 1.75 bits per heavy atom. The van der Waals surface area contributed by atoms with Crippen molar-refractivity contribution in [3.8, 4) is 0 Å². The van der Waals surface area contributed by atoms with Gasteiger partial charge < -0.3 is 4.57 Å². The Labute approximate surface area is 143 Å². The number of benzene rings is 2. The molecule has 4 heteroatoms. The highest BCUT2D eigenvalue weighted by atomic mass is 32.2. The van der Waals surface area contributed by atoms with Gasteiger partial charge in [0.2, 0.25) is 0 Å². The third-order valence-corrected chi connectivity index (χ3v) is 6.77. The molecule has 0 aliphatic rings. The van der Waals surface area contributed by atoms with E-state index in [0.29, 0.717) is 4.90 Å². The molecular formula is C20H21NO2S. The average Bonchev–Trinajstić information content (AvgIpc) is 2.80. The molecule has 2 aromatic carbocycles. The second kappa shape index (κ2) is 5.95. The minimum Gasteiger partial charge on any atom is -0.347 e. The van der Waals surface area contributed by atoms with Crippen LogP contribution in [0.5, 0.6) is 0 Å². The molecule has 0 fully saturated rings. The van der Waals surface area contributed by atoms with Crippen LogP contribution in [-0.4, -0.2) is 13.0 Å². The van der Waals surface area contributed by atoms with Crippen molar-refractivity contribution >= 4 is 20.7 Å². The molecule has 0 amide bonds. The first-order valence-electron chi connectivity index (χ1n) is 7.85. The van der Waals surface area contributed by atoms with Gasteiger partial charge in [0.15, 0.2) is 9.84 Å². The van der Waals surface area contributed by atoms with Crippen LogP contribution in [0, 0.1) is 13.8 Å². The zero-order valence-corrected chi connectivity index (χ0v) is 15.0. The molecule has 0 aliphatic carbocycles. The van der Waals surface area contributed by atoms with Gasteiger partial charge in [0.25, 0.3) is 0 Å². The summed E-state index contributed by atoms with van der Waals surface area (Å²) in [6.45, 7) is 7.60. The lowest BCUT2D eigenvalue weighted by Crippen LogP contribution is -2.13. The van der Waals surface area contributed by atoms with Crippen molar-refractivity contribution in [1.29, 1.82) is 0 Å². The molecule has 0 saturated carbocycles. The van der Waals surface area contributed by atoms with Crippen LogP contribution in [0.1, 0.15) is 22.1 Å². The fourth-order valence-electron chi connectivity index (χ4n) is 3.22. The molecule has 124 valence electrons. The molecule has 0 bridgehead atoms.